The maximum Gasteiger partial charge on any atom is 0.270 e. The third-order valence-electron chi connectivity index (χ3n) is 3.60. The fourth-order valence-corrected chi connectivity index (χ4v) is 3.42. The third kappa shape index (κ3) is 2.75. The van der Waals surface area contributed by atoms with E-state index in [-0.39, 0.29) is 11.9 Å². The lowest BCUT2D eigenvalue weighted by atomic mass is 9.94. The number of H-pyrrole nitrogens is 1. The number of hydrogen-bond donors (Lipinski definition) is 2. The lowest BCUT2D eigenvalue weighted by Gasteiger charge is -2.22. The molecule has 1 amide bonds. The number of amides is 1. The van der Waals surface area contributed by atoms with Crippen LogP contribution in [0, 0.1) is 0 Å². The van der Waals surface area contributed by atoms with E-state index in [1.807, 2.05) is 11.6 Å². The molecule has 1 aliphatic carbocycles. The summed E-state index contributed by atoms with van der Waals surface area (Å²) in [5.41, 5.74) is 2.97. The van der Waals surface area contributed by atoms with Crippen LogP contribution in [0.3, 0.4) is 0 Å². The first-order valence-electron chi connectivity index (χ1n) is 7.02. The molecule has 106 valence electrons. The molecule has 0 fully saturated rings. The summed E-state index contributed by atoms with van der Waals surface area (Å²) < 4.78 is 0. The van der Waals surface area contributed by atoms with Crippen LogP contribution in [-0.2, 0) is 19.3 Å². The molecule has 3 rings (SSSR count). The molecule has 6 heteroatoms. The SMILES string of the molecule is CCCc1nc(C(=O)NC2CCc3cn[nH]c3C2)cs1. The van der Waals surface area contributed by atoms with Crippen molar-refractivity contribution in [1.82, 2.24) is 20.5 Å². The lowest BCUT2D eigenvalue weighted by molar-refractivity contribution is 0.0929. The number of hydrogen-bond acceptors (Lipinski definition) is 4. The number of carbonyl (C=O) groups excluding carboxylic acids is 1. The molecular weight excluding hydrogens is 272 g/mol. The number of fused-ring (bicyclic) bond motifs is 1. The van der Waals surface area contributed by atoms with E-state index >= 15 is 0 Å². The molecule has 0 spiro atoms. The second-order valence-corrected chi connectivity index (χ2v) is 6.11. The molecule has 1 unspecified atom stereocenters. The number of nitrogens with zero attached hydrogens (tertiary/aromatic N) is 2. The van der Waals surface area contributed by atoms with Crippen molar-refractivity contribution < 1.29 is 4.79 Å². The first-order valence-corrected chi connectivity index (χ1v) is 7.90. The van der Waals surface area contributed by atoms with Crippen LogP contribution >= 0.6 is 11.3 Å². The van der Waals surface area contributed by atoms with Crippen LogP contribution < -0.4 is 5.32 Å². The van der Waals surface area contributed by atoms with Crippen molar-refractivity contribution in [3.8, 4) is 0 Å². The van der Waals surface area contributed by atoms with Gasteiger partial charge in [-0.25, -0.2) is 4.98 Å². The quantitative estimate of drug-likeness (QED) is 0.906. The predicted molar refractivity (Wildman–Crippen MR) is 78.0 cm³/mol. The van der Waals surface area contributed by atoms with Crippen LogP contribution in [-0.4, -0.2) is 27.1 Å². The van der Waals surface area contributed by atoms with Crippen LogP contribution in [0.4, 0.5) is 0 Å². The van der Waals surface area contributed by atoms with Crippen molar-refractivity contribution in [2.75, 3.05) is 0 Å². The van der Waals surface area contributed by atoms with Crippen LogP contribution in [0.2, 0.25) is 0 Å². The first kappa shape index (κ1) is 13.3. The molecule has 0 saturated carbocycles. The van der Waals surface area contributed by atoms with E-state index < -0.39 is 0 Å². The Morgan fingerprint density at radius 3 is 3.35 bits per heavy atom. The zero-order valence-electron chi connectivity index (χ0n) is 11.5. The summed E-state index contributed by atoms with van der Waals surface area (Å²) in [7, 11) is 0. The molecule has 1 aliphatic rings. The summed E-state index contributed by atoms with van der Waals surface area (Å²) in [6, 6.07) is 0.173. The minimum Gasteiger partial charge on any atom is -0.348 e. The topological polar surface area (TPSA) is 70.7 Å². The van der Waals surface area contributed by atoms with Gasteiger partial charge in [0.1, 0.15) is 5.69 Å². The van der Waals surface area contributed by atoms with Gasteiger partial charge < -0.3 is 5.32 Å². The van der Waals surface area contributed by atoms with Gasteiger partial charge in [0.15, 0.2) is 0 Å². The van der Waals surface area contributed by atoms with Crippen LogP contribution in [0.25, 0.3) is 0 Å². The maximum atomic E-state index is 12.2. The molecule has 0 radical (unpaired) electrons. The van der Waals surface area contributed by atoms with Crippen LogP contribution in [0.5, 0.6) is 0 Å². The third-order valence-corrected chi connectivity index (χ3v) is 4.51. The molecule has 2 N–H and O–H groups in total. The number of rotatable bonds is 4. The monoisotopic (exact) mass is 290 g/mol. The number of aromatic nitrogens is 3. The fraction of sp³-hybridized carbons (Fsp3) is 0.500. The standard InChI is InChI=1S/C14H18N4OS/c1-2-3-13-17-12(8-20-13)14(19)16-10-5-4-9-7-15-18-11(9)6-10/h7-8,10H,2-6H2,1H3,(H,15,18)(H,16,19). The Bertz CT molecular complexity index is 604. The Hall–Kier alpha value is -1.69. The highest BCUT2D eigenvalue weighted by Crippen LogP contribution is 2.19. The molecule has 20 heavy (non-hydrogen) atoms. The van der Waals surface area contributed by atoms with Gasteiger partial charge in [0, 0.05) is 23.5 Å². The van der Waals surface area contributed by atoms with Gasteiger partial charge in [0.25, 0.3) is 5.91 Å². The van der Waals surface area contributed by atoms with E-state index in [4.69, 9.17) is 0 Å². The Kier molecular flexibility index (Phi) is 3.82. The van der Waals surface area contributed by atoms with E-state index in [0.717, 1.165) is 42.8 Å². The molecule has 2 aromatic rings. The lowest BCUT2D eigenvalue weighted by Crippen LogP contribution is -2.39. The van der Waals surface area contributed by atoms with Crippen molar-refractivity contribution in [1.29, 1.82) is 0 Å². The normalized spacial score (nSPS) is 17.8. The summed E-state index contributed by atoms with van der Waals surface area (Å²) in [5.74, 6) is -0.0587. The molecule has 5 nitrogen and oxygen atoms in total. The largest absolute Gasteiger partial charge is 0.348 e. The van der Waals surface area contributed by atoms with Gasteiger partial charge in [0.2, 0.25) is 0 Å². The predicted octanol–water partition coefficient (Wildman–Crippen LogP) is 2.11. The van der Waals surface area contributed by atoms with Crippen LogP contribution in [0.1, 0.15) is 46.5 Å². The van der Waals surface area contributed by atoms with Crippen molar-refractivity contribution in [3.05, 3.63) is 33.5 Å². The molecule has 0 aromatic carbocycles. The van der Waals surface area contributed by atoms with Crippen molar-refractivity contribution in [3.63, 3.8) is 0 Å². The highest BCUT2D eigenvalue weighted by Gasteiger charge is 2.22. The van der Waals surface area contributed by atoms with E-state index in [1.54, 1.807) is 11.3 Å². The van der Waals surface area contributed by atoms with Crippen molar-refractivity contribution in [2.24, 2.45) is 0 Å². The Balaban J connectivity index is 1.61. The Morgan fingerprint density at radius 2 is 2.50 bits per heavy atom. The van der Waals surface area contributed by atoms with Gasteiger partial charge in [-0.05, 0) is 31.2 Å². The molecule has 2 heterocycles. The van der Waals surface area contributed by atoms with Gasteiger partial charge in [-0.3, -0.25) is 9.89 Å². The molecule has 0 aliphatic heterocycles. The molecular formula is C14H18N4OS. The number of aryl methyl sites for hydroxylation is 2. The van der Waals surface area contributed by atoms with Gasteiger partial charge in [0.05, 0.1) is 11.2 Å². The molecule has 0 bridgehead atoms. The average Bonchev–Trinajstić information content (AvgIpc) is 3.07. The number of aromatic amines is 1. The highest BCUT2D eigenvalue weighted by atomic mass is 32.1. The molecule has 1 atom stereocenters. The van der Waals surface area contributed by atoms with Crippen LogP contribution in [0.15, 0.2) is 11.6 Å². The van der Waals surface area contributed by atoms with E-state index in [1.165, 1.54) is 5.56 Å². The zero-order chi connectivity index (χ0) is 13.9. The summed E-state index contributed by atoms with van der Waals surface area (Å²) >= 11 is 1.57. The number of nitrogens with one attached hydrogen (secondary N) is 2. The maximum absolute atomic E-state index is 12.2. The van der Waals surface area contributed by atoms with Crippen molar-refractivity contribution in [2.45, 2.75) is 45.1 Å². The van der Waals surface area contributed by atoms with E-state index in [2.05, 4.69) is 27.4 Å². The highest BCUT2D eigenvalue weighted by molar-refractivity contribution is 7.09. The minimum absolute atomic E-state index is 0.0587. The second kappa shape index (κ2) is 5.75. The van der Waals surface area contributed by atoms with Gasteiger partial charge in [-0.15, -0.1) is 11.3 Å². The Morgan fingerprint density at radius 1 is 1.60 bits per heavy atom. The molecule has 2 aromatic heterocycles. The summed E-state index contributed by atoms with van der Waals surface area (Å²) in [6.45, 7) is 2.12. The van der Waals surface area contributed by atoms with Crippen molar-refractivity contribution >= 4 is 17.2 Å². The smallest absolute Gasteiger partial charge is 0.270 e. The zero-order valence-corrected chi connectivity index (χ0v) is 12.3. The van der Waals surface area contributed by atoms with E-state index in [9.17, 15) is 4.79 Å². The number of thiazole rings is 1. The number of carbonyl (C=O) groups is 1. The Labute approximate surface area is 121 Å². The molecule has 0 saturated heterocycles. The first-order chi connectivity index (χ1) is 9.76. The van der Waals surface area contributed by atoms with E-state index in [0.29, 0.717) is 5.69 Å². The fourth-order valence-electron chi connectivity index (χ4n) is 2.53. The van der Waals surface area contributed by atoms with Gasteiger partial charge in [-0.1, -0.05) is 6.92 Å². The average molecular weight is 290 g/mol. The second-order valence-electron chi connectivity index (χ2n) is 5.16. The van der Waals surface area contributed by atoms with Gasteiger partial charge in [-0.2, -0.15) is 5.10 Å². The summed E-state index contributed by atoms with van der Waals surface area (Å²) in [6.07, 6.45) is 6.63. The van der Waals surface area contributed by atoms with Gasteiger partial charge >= 0.3 is 0 Å². The minimum atomic E-state index is -0.0587. The summed E-state index contributed by atoms with van der Waals surface area (Å²) in [5, 5.41) is 13.0. The summed E-state index contributed by atoms with van der Waals surface area (Å²) in [4.78, 5) is 16.6.